The van der Waals surface area contributed by atoms with Crippen molar-refractivity contribution in [2.45, 2.75) is 6.18 Å². The third kappa shape index (κ3) is 4.12. The topological polar surface area (TPSA) is 47.1 Å². The number of nitrogens with zero attached hydrogens (tertiary/aromatic N) is 1. The van der Waals surface area contributed by atoms with Crippen LogP contribution in [-0.2, 0) is 6.18 Å². The Morgan fingerprint density at radius 3 is 1.84 bits per heavy atom. The van der Waals surface area contributed by atoms with Gasteiger partial charge in [0.05, 0.1) is 31.2 Å². The highest BCUT2D eigenvalue weighted by molar-refractivity contribution is 5.82. The maximum atomic E-state index is 13.6. The van der Waals surface area contributed by atoms with Crippen LogP contribution in [0.1, 0.15) is 5.56 Å². The Labute approximate surface area is 177 Å². The molecule has 0 aliphatic heterocycles. The van der Waals surface area contributed by atoms with E-state index in [2.05, 4.69) is 9.97 Å². The summed E-state index contributed by atoms with van der Waals surface area (Å²) in [4.78, 5) is 7.68. The van der Waals surface area contributed by atoms with Gasteiger partial charge in [-0.1, -0.05) is 18.2 Å². The van der Waals surface area contributed by atoms with Crippen LogP contribution in [0.25, 0.3) is 33.9 Å². The second-order valence-corrected chi connectivity index (χ2v) is 6.81. The molecule has 1 N–H and O–H groups in total. The second-order valence-electron chi connectivity index (χ2n) is 6.81. The lowest BCUT2D eigenvalue weighted by Gasteiger charge is -2.10. The predicted octanol–water partition coefficient (Wildman–Crippen LogP) is 6.45. The molecule has 0 atom stereocenters. The van der Waals surface area contributed by atoms with Gasteiger partial charge in [0.25, 0.3) is 0 Å². The van der Waals surface area contributed by atoms with Gasteiger partial charge in [-0.05, 0) is 54.6 Å². The molecule has 4 aromatic rings. The van der Waals surface area contributed by atoms with Crippen LogP contribution >= 0.6 is 0 Å². The molecule has 3 aromatic carbocycles. The zero-order valence-electron chi connectivity index (χ0n) is 16.8. The number of nitrogens with one attached hydrogen (secondary N) is 1. The smallest absolute Gasteiger partial charge is 0.417 e. The fraction of sp³-hybridized carbons (Fsp3) is 0.125. The average molecular weight is 424 g/mol. The Morgan fingerprint density at radius 1 is 0.742 bits per heavy atom. The van der Waals surface area contributed by atoms with E-state index in [0.29, 0.717) is 22.9 Å². The van der Waals surface area contributed by atoms with E-state index in [1.54, 1.807) is 44.6 Å². The van der Waals surface area contributed by atoms with Crippen LogP contribution in [0.15, 0.2) is 72.8 Å². The largest absolute Gasteiger partial charge is 0.497 e. The number of methoxy groups -OCH3 is 2. The quantitative estimate of drug-likeness (QED) is 0.401. The third-order valence-corrected chi connectivity index (χ3v) is 4.93. The van der Waals surface area contributed by atoms with Crippen molar-refractivity contribution in [3.63, 3.8) is 0 Å². The Bertz CT molecular complexity index is 1120. The molecular formula is C24H19F3N2O2. The molecule has 0 saturated heterocycles. The molecule has 0 saturated carbocycles. The molecule has 0 aliphatic carbocycles. The van der Waals surface area contributed by atoms with Gasteiger partial charge in [-0.15, -0.1) is 0 Å². The number of halogens is 3. The van der Waals surface area contributed by atoms with E-state index in [9.17, 15) is 13.2 Å². The van der Waals surface area contributed by atoms with E-state index in [-0.39, 0.29) is 11.4 Å². The third-order valence-electron chi connectivity index (χ3n) is 4.93. The van der Waals surface area contributed by atoms with Crippen molar-refractivity contribution in [3.8, 4) is 45.4 Å². The van der Waals surface area contributed by atoms with Crippen molar-refractivity contribution in [1.29, 1.82) is 0 Å². The fourth-order valence-electron chi connectivity index (χ4n) is 3.36. The Morgan fingerprint density at radius 2 is 1.29 bits per heavy atom. The van der Waals surface area contributed by atoms with Crippen LogP contribution in [0.2, 0.25) is 0 Å². The Balaban J connectivity index is 1.90. The van der Waals surface area contributed by atoms with Crippen molar-refractivity contribution in [3.05, 3.63) is 78.4 Å². The van der Waals surface area contributed by atoms with Gasteiger partial charge in [-0.3, -0.25) is 0 Å². The molecule has 0 unspecified atom stereocenters. The van der Waals surface area contributed by atoms with Crippen molar-refractivity contribution in [2.75, 3.05) is 14.2 Å². The highest BCUT2D eigenvalue weighted by atomic mass is 19.4. The molecule has 7 heteroatoms. The van der Waals surface area contributed by atoms with Gasteiger partial charge < -0.3 is 14.5 Å². The van der Waals surface area contributed by atoms with Gasteiger partial charge in [0.2, 0.25) is 0 Å². The zero-order chi connectivity index (χ0) is 22.0. The highest BCUT2D eigenvalue weighted by Gasteiger charge is 2.34. The number of alkyl halides is 3. The molecule has 158 valence electrons. The standard InChI is InChI=1S/C24H19F3N2O2/c1-30-17-11-7-15(8-12-17)21-22(16-9-13-18(31-2)14-10-16)29-23(28-21)19-5-3-4-6-20(19)24(25,26)27/h3-14H,1-2H3,(H,28,29). The van der Waals surface area contributed by atoms with Crippen LogP contribution < -0.4 is 9.47 Å². The van der Waals surface area contributed by atoms with Crippen LogP contribution in [0.3, 0.4) is 0 Å². The normalized spacial score (nSPS) is 11.4. The summed E-state index contributed by atoms with van der Waals surface area (Å²) < 4.78 is 51.2. The fourth-order valence-corrected chi connectivity index (χ4v) is 3.36. The predicted molar refractivity (Wildman–Crippen MR) is 113 cm³/mol. The lowest BCUT2D eigenvalue weighted by molar-refractivity contribution is -0.137. The Hall–Kier alpha value is -3.74. The minimum atomic E-state index is -4.50. The highest BCUT2D eigenvalue weighted by Crippen LogP contribution is 2.39. The van der Waals surface area contributed by atoms with E-state index in [1.165, 1.54) is 12.1 Å². The van der Waals surface area contributed by atoms with E-state index in [0.717, 1.165) is 17.2 Å². The van der Waals surface area contributed by atoms with Gasteiger partial charge in [0.1, 0.15) is 17.3 Å². The molecule has 0 spiro atoms. The summed E-state index contributed by atoms with van der Waals surface area (Å²) in [5.74, 6) is 1.49. The Kier molecular flexibility index (Phi) is 5.42. The first kappa shape index (κ1) is 20.5. The zero-order valence-corrected chi connectivity index (χ0v) is 16.8. The van der Waals surface area contributed by atoms with Crippen LogP contribution in [0, 0.1) is 0 Å². The minimum absolute atomic E-state index is 0.00970. The molecule has 0 radical (unpaired) electrons. The van der Waals surface area contributed by atoms with Gasteiger partial charge in [0.15, 0.2) is 0 Å². The number of hydrogen-bond acceptors (Lipinski definition) is 3. The molecule has 0 bridgehead atoms. The summed E-state index contributed by atoms with van der Waals surface area (Å²) in [6.07, 6.45) is -4.50. The first-order valence-corrected chi connectivity index (χ1v) is 9.46. The molecule has 4 nitrogen and oxygen atoms in total. The van der Waals surface area contributed by atoms with Gasteiger partial charge in [-0.2, -0.15) is 13.2 Å². The molecule has 1 aromatic heterocycles. The van der Waals surface area contributed by atoms with Gasteiger partial charge in [0, 0.05) is 16.7 Å². The lowest BCUT2D eigenvalue weighted by Crippen LogP contribution is -2.07. The van der Waals surface area contributed by atoms with Crippen LogP contribution in [0.5, 0.6) is 11.5 Å². The van der Waals surface area contributed by atoms with Crippen LogP contribution in [0.4, 0.5) is 13.2 Å². The van der Waals surface area contributed by atoms with Crippen LogP contribution in [-0.4, -0.2) is 24.2 Å². The van der Waals surface area contributed by atoms with Gasteiger partial charge in [-0.25, -0.2) is 4.98 Å². The molecule has 4 rings (SSSR count). The van der Waals surface area contributed by atoms with Gasteiger partial charge >= 0.3 is 6.18 Å². The number of H-pyrrole nitrogens is 1. The number of imidazole rings is 1. The lowest BCUT2D eigenvalue weighted by atomic mass is 10.0. The van der Waals surface area contributed by atoms with Crippen molar-refractivity contribution < 1.29 is 22.6 Å². The maximum absolute atomic E-state index is 13.6. The molecule has 1 heterocycles. The number of ether oxygens (including phenoxy) is 2. The summed E-state index contributed by atoms with van der Waals surface area (Å²) in [5, 5.41) is 0. The summed E-state index contributed by atoms with van der Waals surface area (Å²) in [6, 6.07) is 19.8. The number of aromatic amines is 1. The SMILES string of the molecule is COc1ccc(-c2nc(-c3ccccc3C(F)(F)F)[nH]c2-c2ccc(OC)cc2)cc1. The monoisotopic (exact) mass is 424 g/mol. The van der Waals surface area contributed by atoms with E-state index >= 15 is 0 Å². The first-order valence-electron chi connectivity index (χ1n) is 9.46. The molecule has 0 aliphatic rings. The molecular weight excluding hydrogens is 405 g/mol. The van der Waals surface area contributed by atoms with Crippen molar-refractivity contribution in [1.82, 2.24) is 9.97 Å². The summed E-state index contributed by atoms with van der Waals surface area (Å²) >= 11 is 0. The van der Waals surface area contributed by atoms with E-state index in [1.807, 2.05) is 24.3 Å². The summed E-state index contributed by atoms with van der Waals surface area (Å²) in [6.45, 7) is 0. The minimum Gasteiger partial charge on any atom is -0.497 e. The number of rotatable bonds is 5. The van der Waals surface area contributed by atoms with E-state index < -0.39 is 11.7 Å². The maximum Gasteiger partial charge on any atom is 0.417 e. The van der Waals surface area contributed by atoms with Crippen molar-refractivity contribution in [2.24, 2.45) is 0 Å². The first-order chi connectivity index (χ1) is 14.9. The molecule has 31 heavy (non-hydrogen) atoms. The van der Waals surface area contributed by atoms with Crippen molar-refractivity contribution >= 4 is 0 Å². The average Bonchev–Trinajstić information content (AvgIpc) is 3.24. The number of aromatic nitrogens is 2. The second kappa shape index (κ2) is 8.18. The molecule has 0 fully saturated rings. The number of hydrogen-bond donors (Lipinski definition) is 1. The molecule has 0 amide bonds. The van der Waals surface area contributed by atoms with E-state index in [4.69, 9.17) is 9.47 Å². The number of benzene rings is 3. The summed E-state index contributed by atoms with van der Waals surface area (Å²) in [5.41, 5.74) is 1.92. The summed E-state index contributed by atoms with van der Waals surface area (Å²) in [7, 11) is 3.14.